The van der Waals surface area contributed by atoms with Gasteiger partial charge in [-0.25, -0.2) is 0 Å². The largest absolute Gasteiger partial charge is 0.496 e. The molecule has 3 nitrogen and oxygen atoms in total. The van der Waals surface area contributed by atoms with Crippen LogP contribution in [0.4, 0.5) is 0 Å². The predicted octanol–water partition coefficient (Wildman–Crippen LogP) is 3.41. The SMILES string of the molecule is COc1cc2c(cc1CNCCc1cccs1)OC(C)C2. The second-order valence-corrected chi connectivity index (χ2v) is 6.44. The molecular formula is C17H21NO2S. The van der Waals surface area contributed by atoms with Gasteiger partial charge in [-0.05, 0) is 36.9 Å². The van der Waals surface area contributed by atoms with Crippen molar-refractivity contribution in [1.29, 1.82) is 0 Å². The molecule has 21 heavy (non-hydrogen) atoms. The van der Waals surface area contributed by atoms with Crippen molar-refractivity contribution in [2.45, 2.75) is 32.4 Å². The van der Waals surface area contributed by atoms with E-state index in [1.807, 2.05) is 11.3 Å². The van der Waals surface area contributed by atoms with E-state index in [0.717, 1.165) is 43.0 Å². The first-order valence-corrected chi connectivity index (χ1v) is 8.24. The lowest BCUT2D eigenvalue weighted by molar-refractivity contribution is 0.254. The molecule has 0 aliphatic carbocycles. The Morgan fingerprint density at radius 3 is 3.10 bits per heavy atom. The molecule has 0 radical (unpaired) electrons. The van der Waals surface area contributed by atoms with E-state index >= 15 is 0 Å². The van der Waals surface area contributed by atoms with Crippen molar-refractivity contribution in [3.8, 4) is 11.5 Å². The van der Waals surface area contributed by atoms with Crippen LogP contribution in [-0.4, -0.2) is 19.8 Å². The van der Waals surface area contributed by atoms with Crippen molar-refractivity contribution >= 4 is 11.3 Å². The highest BCUT2D eigenvalue weighted by atomic mass is 32.1. The number of methoxy groups -OCH3 is 1. The van der Waals surface area contributed by atoms with Crippen LogP contribution in [0.15, 0.2) is 29.6 Å². The van der Waals surface area contributed by atoms with Crippen molar-refractivity contribution in [3.05, 3.63) is 45.6 Å². The van der Waals surface area contributed by atoms with Crippen LogP contribution in [0, 0.1) is 0 Å². The average molecular weight is 303 g/mol. The summed E-state index contributed by atoms with van der Waals surface area (Å²) in [6.45, 7) is 3.88. The molecule has 0 fully saturated rings. The van der Waals surface area contributed by atoms with Crippen LogP contribution in [-0.2, 0) is 19.4 Å². The summed E-state index contributed by atoms with van der Waals surface area (Å²) in [7, 11) is 1.73. The zero-order chi connectivity index (χ0) is 14.7. The molecule has 1 unspecified atom stereocenters. The minimum atomic E-state index is 0.270. The van der Waals surface area contributed by atoms with E-state index in [1.165, 1.54) is 10.4 Å². The Hall–Kier alpha value is -1.52. The molecule has 0 bridgehead atoms. The highest BCUT2D eigenvalue weighted by Gasteiger charge is 2.21. The summed E-state index contributed by atoms with van der Waals surface area (Å²) in [6.07, 6.45) is 2.31. The standard InChI is InChI=1S/C17H21NO2S/c1-12-8-13-9-16(19-2)14(10-17(13)20-12)11-18-6-5-15-4-3-7-21-15/h3-4,7,9-10,12,18H,5-6,8,11H2,1-2H3. The van der Waals surface area contributed by atoms with Crippen LogP contribution in [0.2, 0.25) is 0 Å². The number of hydrogen-bond acceptors (Lipinski definition) is 4. The third kappa shape index (κ3) is 3.39. The molecule has 2 aromatic rings. The molecule has 1 aliphatic rings. The van der Waals surface area contributed by atoms with Gasteiger partial charge in [-0.2, -0.15) is 0 Å². The lowest BCUT2D eigenvalue weighted by Crippen LogP contribution is -2.16. The maximum atomic E-state index is 5.83. The van der Waals surface area contributed by atoms with E-state index in [2.05, 4.69) is 41.9 Å². The third-order valence-electron chi connectivity index (χ3n) is 3.74. The first kappa shape index (κ1) is 14.4. The van der Waals surface area contributed by atoms with Gasteiger partial charge in [-0.15, -0.1) is 11.3 Å². The molecule has 0 spiro atoms. The van der Waals surface area contributed by atoms with Gasteiger partial charge >= 0.3 is 0 Å². The number of hydrogen-bond donors (Lipinski definition) is 1. The van der Waals surface area contributed by atoms with Gasteiger partial charge in [0.2, 0.25) is 0 Å². The smallest absolute Gasteiger partial charge is 0.123 e. The zero-order valence-corrected chi connectivity index (χ0v) is 13.3. The lowest BCUT2D eigenvalue weighted by Gasteiger charge is -2.12. The highest BCUT2D eigenvalue weighted by molar-refractivity contribution is 7.09. The fourth-order valence-electron chi connectivity index (χ4n) is 2.70. The molecule has 1 aliphatic heterocycles. The number of fused-ring (bicyclic) bond motifs is 1. The Bertz CT molecular complexity index is 595. The van der Waals surface area contributed by atoms with E-state index in [-0.39, 0.29) is 6.10 Å². The maximum Gasteiger partial charge on any atom is 0.123 e. The van der Waals surface area contributed by atoms with Gasteiger partial charge in [0, 0.05) is 35.5 Å². The molecular weight excluding hydrogens is 282 g/mol. The number of thiophene rings is 1. The Morgan fingerprint density at radius 2 is 2.33 bits per heavy atom. The molecule has 112 valence electrons. The van der Waals surface area contributed by atoms with Gasteiger partial charge in [-0.3, -0.25) is 0 Å². The minimum Gasteiger partial charge on any atom is -0.496 e. The molecule has 4 heteroatoms. The second kappa shape index (κ2) is 6.50. The van der Waals surface area contributed by atoms with Crippen LogP contribution in [0.1, 0.15) is 22.9 Å². The van der Waals surface area contributed by atoms with Crippen LogP contribution in [0.3, 0.4) is 0 Å². The summed E-state index contributed by atoms with van der Waals surface area (Å²) < 4.78 is 11.3. The summed E-state index contributed by atoms with van der Waals surface area (Å²) in [6, 6.07) is 8.52. The van der Waals surface area contributed by atoms with Crippen LogP contribution < -0.4 is 14.8 Å². The van der Waals surface area contributed by atoms with Gasteiger partial charge < -0.3 is 14.8 Å². The summed E-state index contributed by atoms with van der Waals surface area (Å²) in [5.41, 5.74) is 2.42. The van der Waals surface area contributed by atoms with Crippen molar-refractivity contribution in [3.63, 3.8) is 0 Å². The van der Waals surface area contributed by atoms with Crippen LogP contribution in [0.5, 0.6) is 11.5 Å². The molecule has 0 saturated heterocycles. The van der Waals surface area contributed by atoms with Crippen molar-refractivity contribution in [2.75, 3.05) is 13.7 Å². The van der Waals surface area contributed by atoms with Crippen molar-refractivity contribution < 1.29 is 9.47 Å². The minimum absolute atomic E-state index is 0.270. The van der Waals surface area contributed by atoms with Crippen molar-refractivity contribution in [2.24, 2.45) is 0 Å². The van der Waals surface area contributed by atoms with Gasteiger partial charge in [0.15, 0.2) is 0 Å². The van der Waals surface area contributed by atoms with E-state index in [1.54, 1.807) is 7.11 Å². The Balaban J connectivity index is 1.61. The van der Waals surface area contributed by atoms with E-state index < -0.39 is 0 Å². The zero-order valence-electron chi connectivity index (χ0n) is 12.5. The normalized spacial score (nSPS) is 16.6. The summed E-state index contributed by atoms with van der Waals surface area (Å²) in [5, 5.41) is 5.61. The molecule has 0 saturated carbocycles. The lowest BCUT2D eigenvalue weighted by atomic mass is 10.1. The quantitative estimate of drug-likeness (QED) is 0.830. The number of nitrogens with one attached hydrogen (secondary N) is 1. The van der Waals surface area contributed by atoms with E-state index in [9.17, 15) is 0 Å². The first-order valence-electron chi connectivity index (χ1n) is 7.36. The Labute approximate surface area is 129 Å². The second-order valence-electron chi connectivity index (χ2n) is 5.41. The molecule has 1 N–H and O–H groups in total. The maximum absolute atomic E-state index is 5.83. The number of ether oxygens (including phenoxy) is 2. The average Bonchev–Trinajstić information content (AvgIpc) is 3.10. The van der Waals surface area contributed by atoms with Gasteiger partial charge in [-0.1, -0.05) is 6.07 Å². The molecule has 0 amide bonds. The molecule has 1 aromatic heterocycles. The fraction of sp³-hybridized carbons (Fsp3) is 0.412. The fourth-order valence-corrected chi connectivity index (χ4v) is 3.41. The molecule has 1 atom stereocenters. The van der Waals surface area contributed by atoms with Gasteiger partial charge in [0.25, 0.3) is 0 Å². The Kier molecular flexibility index (Phi) is 4.46. The van der Waals surface area contributed by atoms with Crippen LogP contribution >= 0.6 is 11.3 Å². The molecule has 2 heterocycles. The summed E-state index contributed by atoms with van der Waals surface area (Å²) in [5.74, 6) is 1.97. The van der Waals surface area contributed by atoms with Crippen molar-refractivity contribution in [1.82, 2.24) is 5.32 Å². The topological polar surface area (TPSA) is 30.5 Å². The predicted molar refractivity (Wildman–Crippen MR) is 86.5 cm³/mol. The molecule has 1 aromatic carbocycles. The highest BCUT2D eigenvalue weighted by Crippen LogP contribution is 2.34. The monoisotopic (exact) mass is 303 g/mol. The number of rotatable bonds is 6. The number of benzene rings is 1. The Morgan fingerprint density at radius 1 is 1.43 bits per heavy atom. The van der Waals surface area contributed by atoms with E-state index in [4.69, 9.17) is 9.47 Å². The van der Waals surface area contributed by atoms with Gasteiger partial charge in [0.1, 0.15) is 17.6 Å². The summed E-state index contributed by atoms with van der Waals surface area (Å²) in [4.78, 5) is 1.42. The molecule has 3 rings (SSSR count). The summed E-state index contributed by atoms with van der Waals surface area (Å²) >= 11 is 1.81. The van der Waals surface area contributed by atoms with Gasteiger partial charge in [0.05, 0.1) is 7.11 Å². The first-order chi connectivity index (χ1) is 10.3. The van der Waals surface area contributed by atoms with Crippen LogP contribution in [0.25, 0.3) is 0 Å². The third-order valence-corrected chi connectivity index (χ3v) is 4.68. The van der Waals surface area contributed by atoms with E-state index in [0.29, 0.717) is 0 Å².